The van der Waals surface area contributed by atoms with Crippen LogP contribution in [0.15, 0.2) is 0 Å². The molecule has 0 spiro atoms. The van der Waals surface area contributed by atoms with E-state index >= 15 is 0 Å². The summed E-state index contributed by atoms with van der Waals surface area (Å²) in [6, 6.07) is 0.764. The van der Waals surface area contributed by atoms with Crippen LogP contribution in [0.3, 0.4) is 0 Å². The van der Waals surface area contributed by atoms with E-state index in [-0.39, 0.29) is 5.41 Å². The first-order valence-electron chi connectivity index (χ1n) is 7.83. The minimum absolute atomic E-state index is 0.265. The van der Waals surface area contributed by atoms with E-state index in [2.05, 4.69) is 10.2 Å². The van der Waals surface area contributed by atoms with Gasteiger partial charge in [0.25, 0.3) is 0 Å². The molecule has 0 aromatic rings. The van der Waals surface area contributed by atoms with Crippen molar-refractivity contribution < 1.29 is 9.84 Å². The summed E-state index contributed by atoms with van der Waals surface area (Å²) in [4.78, 5) is 2.43. The van der Waals surface area contributed by atoms with Crippen LogP contribution in [-0.4, -0.2) is 61.0 Å². The monoisotopic (exact) mass is 268 g/mol. The molecule has 3 fully saturated rings. The lowest BCUT2D eigenvalue weighted by Crippen LogP contribution is -2.49. The zero-order valence-electron chi connectivity index (χ0n) is 12.2. The number of β-amino-alcohol motifs (C(OH)–C–C–N with tert-alkyl or cyclic N) is 1. The SMILES string of the molecule is CC1(O)CCN(CC2(CNC3CC3)CCCOC2)C1. The largest absolute Gasteiger partial charge is 0.389 e. The van der Waals surface area contributed by atoms with Gasteiger partial charge in [0.1, 0.15) is 0 Å². The maximum absolute atomic E-state index is 10.1. The van der Waals surface area contributed by atoms with Gasteiger partial charge in [-0.1, -0.05) is 0 Å². The lowest BCUT2D eigenvalue weighted by Gasteiger charge is -2.40. The fraction of sp³-hybridized carbons (Fsp3) is 1.00. The van der Waals surface area contributed by atoms with Crippen LogP contribution in [0, 0.1) is 5.41 Å². The summed E-state index contributed by atoms with van der Waals surface area (Å²) in [5, 5.41) is 13.8. The molecule has 19 heavy (non-hydrogen) atoms. The highest BCUT2D eigenvalue weighted by Crippen LogP contribution is 2.33. The Labute approximate surface area is 116 Å². The van der Waals surface area contributed by atoms with Gasteiger partial charge in [-0.05, 0) is 39.0 Å². The summed E-state index contributed by atoms with van der Waals surface area (Å²) >= 11 is 0. The third kappa shape index (κ3) is 3.69. The molecule has 110 valence electrons. The molecule has 2 N–H and O–H groups in total. The van der Waals surface area contributed by atoms with E-state index < -0.39 is 5.60 Å². The molecule has 4 nitrogen and oxygen atoms in total. The van der Waals surface area contributed by atoms with Crippen molar-refractivity contribution in [3.63, 3.8) is 0 Å². The minimum atomic E-state index is -0.485. The lowest BCUT2D eigenvalue weighted by atomic mass is 9.81. The number of hydrogen-bond acceptors (Lipinski definition) is 4. The van der Waals surface area contributed by atoms with Gasteiger partial charge >= 0.3 is 0 Å². The molecule has 0 amide bonds. The van der Waals surface area contributed by atoms with Crippen molar-refractivity contribution in [2.45, 2.75) is 50.7 Å². The molecule has 2 heterocycles. The number of nitrogens with one attached hydrogen (secondary N) is 1. The van der Waals surface area contributed by atoms with Crippen molar-refractivity contribution in [1.29, 1.82) is 0 Å². The molecule has 2 aliphatic heterocycles. The predicted molar refractivity (Wildman–Crippen MR) is 75.2 cm³/mol. The van der Waals surface area contributed by atoms with Crippen molar-refractivity contribution in [1.82, 2.24) is 10.2 Å². The first-order chi connectivity index (χ1) is 9.07. The third-order valence-corrected chi connectivity index (χ3v) is 4.84. The van der Waals surface area contributed by atoms with Gasteiger partial charge in [0, 0.05) is 44.2 Å². The third-order valence-electron chi connectivity index (χ3n) is 4.84. The van der Waals surface area contributed by atoms with Gasteiger partial charge in [-0.25, -0.2) is 0 Å². The first-order valence-corrected chi connectivity index (χ1v) is 7.83. The molecule has 3 rings (SSSR count). The molecule has 2 saturated heterocycles. The Kier molecular flexibility index (Phi) is 3.87. The molecule has 0 aromatic heterocycles. The van der Waals surface area contributed by atoms with Crippen LogP contribution in [0.1, 0.15) is 39.0 Å². The van der Waals surface area contributed by atoms with Crippen LogP contribution in [0.25, 0.3) is 0 Å². The van der Waals surface area contributed by atoms with Crippen LogP contribution < -0.4 is 5.32 Å². The molecular weight excluding hydrogens is 240 g/mol. The summed E-state index contributed by atoms with van der Waals surface area (Å²) < 4.78 is 5.77. The minimum Gasteiger partial charge on any atom is -0.389 e. The van der Waals surface area contributed by atoms with Crippen LogP contribution in [0.4, 0.5) is 0 Å². The van der Waals surface area contributed by atoms with Gasteiger partial charge in [0.05, 0.1) is 12.2 Å². The van der Waals surface area contributed by atoms with Crippen molar-refractivity contribution in [3.05, 3.63) is 0 Å². The van der Waals surface area contributed by atoms with E-state index in [1.54, 1.807) is 0 Å². The van der Waals surface area contributed by atoms with Crippen LogP contribution in [0.5, 0.6) is 0 Å². The zero-order chi connectivity index (χ0) is 13.3. The van der Waals surface area contributed by atoms with Crippen molar-refractivity contribution in [3.8, 4) is 0 Å². The quantitative estimate of drug-likeness (QED) is 0.780. The number of nitrogens with zero attached hydrogens (tertiary/aromatic N) is 1. The first kappa shape index (κ1) is 13.8. The van der Waals surface area contributed by atoms with Gasteiger partial charge in [-0.3, -0.25) is 4.90 Å². The summed E-state index contributed by atoms with van der Waals surface area (Å²) in [7, 11) is 0. The Morgan fingerprint density at radius 1 is 1.37 bits per heavy atom. The van der Waals surface area contributed by atoms with E-state index in [0.717, 1.165) is 51.9 Å². The Morgan fingerprint density at radius 2 is 2.21 bits per heavy atom. The van der Waals surface area contributed by atoms with Crippen LogP contribution in [-0.2, 0) is 4.74 Å². The fourth-order valence-corrected chi connectivity index (χ4v) is 3.53. The normalized spacial score (nSPS) is 40.7. The Hall–Kier alpha value is -0.160. The van der Waals surface area contributed by atoms with E-state index in [9.17, 15) is 5.11 Å². The van der Waals surface area contributed by atoms with Crippen molar-refractivity contribution >= 4 is 0 Å². The molecule has 0 radical (unpaired) electrons. The molecule has 2 atom stereocenters. The summed E-state index contributed by atoms with van der Waals surface area (Å²) in [6.45, 7) is 7.75. The molecule has 3 aliphatic rings. The molecule has 2 unspecified atom stereocenters. The molecule has 0 bridgehead atoms. The van der Waals surface area contributed by atoms with Crippen LogP contribution >= 0.6 is 0 Å². The highest BCUT2D eigenvalue weighted by Gasteiger charge is 2.40. The smallest absolute Gasteiger partial charge is 0.0758 e. The highest BCUT2D eigenvalue weighted by atomic mass is 16.5. The van der Waals surface area contributed by atoms with E-state index in [1.165, 1.54) is 25.7 Å². The second kappa shape index (κ2) is 5.32. The van der Waals surface area contributed by atoms with Gasteiger partial charge in [-0.15, -0.1) is 0 Å². The summed E-state index contributed by atoms with van der Waals surface area (Å²) in [6.07, 6.45) is 6.02. The van der Waals surface area contributed by atoms with Crippen LogP contribution in [0.2, 0.25) is 0 Å². The predicted octanol–water partition coefficient (Wildman–Crippen LogP) is 0.992. The topological polar surface area (TPSA) is 44.7 Å². The number of aliphatic hydroxyl groups is 1. The summed E-state index contributed by atoms with van der Waals surface area (Å²) in [5.41, 5.74) is -0.220. The maximum atomic E-state index is 10.1. The highest BCUT2D eigenvalue weighted by molar-refractivity contribution is 4.94. The average molecular weight is 268 g/mol. The Morgan fingerprint density at radius 3 is 2.79 bits per heavy atom. The van der Waals surface area contributed by atoms with E-state index in [0.29, 0.717) is 0 Å². The van der Waals surface area contributed by atoms with E-state index in [4.69, 9.17) is 4.74 Å². The standard InChI is InChI=1S/C15H28N2O2/c1-14(18)6-7-17(10-14)11-15(5-2-8-19-12-15)9-16-13-3-4-13/h13,16,18H,2-12H2,1H3. The fourth-order valence-electron chi connectivity index (χ4n) is 3.53. The van der Waals surface area contributed by atoms with Crippen molar-refractivity contribution in [2.24, 2.45) is 5.41 Å². The average Bonchev–Trinajstić information content (AvgIpc) is 3.14. The number of ether oxygens (including phenoxy) is 1. The number of rotatable bonds is 5. The molecular formula is C15H28N2O2. The number of hydrogen-bond donors (Lipinski definition) is 2. The second-order valence-corrected chi connectivity index (χ2v) is 7.27. The molecule has 1 aliphatic carbocycles. The van der Waals surface area contributed by atoms with Gasteiger partial charge < -0.3 is 15.2 Å². The van der Waals surface area contributed by atoms with Gasteiger partial charge in [0.15, 0.2) is 0 Å². The van der Waals surface area contributed by atoms with Gasteiger partial charge in [0.2, 0.25) is 0 Å². The lowest BCUT2D eigenvalue weighted by molar-refractivity contribution is -0.0273. The molecule has 1 saturated carbocycles. The van der Waals surface area contributed by atoms with E-state index in [1.807, 2.05) is 6.92 Å². The van der Waals surface area contributed by atoms with Crippen molar-refractivity contribution in [2.75, 3.05) is 39.4 Å². The second-order valence-electron chi connectivity index (χ2n) is 7.27. The number of likely N-dealkylation sites (tertiary alicyclic amines) is 1. The van der Waals surface area contributed by atoms with Gasteiger partial charge in [-0.2, -0.15) is 0 Å². The molecule has 4 heteroatoms. The Bertz CT molecular complexity index is 309. The zero-order valence-corrected chi connectivity index (χ0v) is 12.2. The molecule has 0 aromatic carbocycles. The summed E-state index contributed by atoms with van der Waals surface area (Å²) in [5.74, 6) is 0. The Balaban J connectivity index is 1.58. The maximum Gasteiger partial charge on any atom is 0.0758 e.